The van der Waals surface area contributed by atoms with Gasteiger partial charge in [0, 0.05) is 23.8 Å². The van der Waals surface area contributed by atoms with Crippen LogP contribution in [0, 0.1) is 0 Å². The average Bonchev–Trinajstić information content (AvgIpc) is 3.31. The van der Waals surface area contributed by atoms with E-state index in [1.807, 2.05) is 67.8 Å². The van der Waals surface area contributed by atoms with Gasteiger partial charge in [-0.1, -0.05) is 6.07 Å². The molecule has 0 unspecified atom stereocenters. The highest BCUT2D eigenvalue weighted by molar-refractivity contribution is 7.80. The van der Waals surface area contributed by atoms with E-state index in [9.17, 15) is 0 Å². The van der Waals surface area contributed by atoms with Crippen molar-refractivity contribution >= 4 is 23.0 Å². The Kier molecular flexibility index (Phi) is 4.58. The van der Waals surface area contributed by atoms with Crippen LogP contribution >= 0.6 is 12.2 Å². The summed E-state index contributed by atoms with van der Waals surface area (Å²) in [6, 6.07) is 18.0. The van der Waals surface area contributed by atoms with E-state index in [0.29, 0.717) is 11.7 Å². The van der Waals surface area contributed by atoms with Crippen molar-refractivity contribution in [2.75, 3.05) is 11.5 Å². The van der Waals surface area contributed by atoms with Crippen LogP contribution in [0.3, 0.4) is 0 Å². The molecule has 1 aromatic carbocycles. The molecule has 6 heteroatoms. The maximum atomic E-state index is 5.68. The summed E-state index contributed by atoms with van der Waals surface area (Å²) < 4.78 is 5.56. The highest BCUT2D eigenvalue weighted by atomic mass is 32.1. The SMILES string of the molecule is CCOc1ccc(N2C(=S)N[C@H](c3ccccn3)[C@@H]2c2ccc[nH]2)cc1. The molecule has 26 heavy (non-hydrogen) atoms. The normalized spacial score (nSPS) is 19.4. The van der Waals surface area contributed by atoms with Crippen LogP contribution in [-0.4, -0.2) is 21.7 Å². The number of nitrogens with zero attached hydrogens (tertiary/aromatic N) is 2. The third-order valence-electron chi connectivity index (χ3n) is 4.46. The van der Waals surface area contributed by atoms with Gasteiger partial charge in [0.1, 0.15) is 11.8 Å². The minimum atomic E-state index is -0.0334. The van der Waals surface area contributed by atoms with Crippen molar-refractivity contribution in [3.8, 4) is 5.75 Å². The Morgan fingerprint density at radius 1 is 1.12 bits per heavy atom. The van der Waals surface area contributed by atoms with Gasteiger partial charge in [-0.3, -0.25) is 4.98 Å². The lowest BCUT2D eigenvalue weighted by Gasteiger charge is -2.27. The van der Waals surface area contributed by atoms with Gasteiger partial charge in [0.2, 0.25) is 0 Å². The molecule has 4 rings (SSSR count). The van der Waals surface area contributed by atoms with Gasteiger partial charge in [0.25, 0.3) is 0 Å². The van der Waals surface area contributed by atoms with Gasteiger partial charge in [0.15, 0.2) is 5.11 Å². The molecule has 1 aliphatic heterocycles. The van der Waals surface area contributed by atoms with Crippen molar-refractivity contribution in [1.29, 1.82) is 0 Å². The minimum Gasteiger partial charge on any atom is -0.494 e. The summed E-state index contributed by atoms with van der Waals surface area (Å²) in [7, 11) is 0. The fourth-order valence-electron chi connectivity index (χ4n) is 3.35. The molecule has 0 amide bonds. The second-order valence-corrected chi connectivity index (χ2v) is 6.44. The van der Waals surface area contributed by atoms with Crippen molar-refractivity contribution in [2.45, 2.75) is 19.0 Å². The van der Waals surface area contributed by atoms with E-state index in [0.717, 1.165) is 22.8 Å². The number of hydrogen-bond donors (Lipinski definition) is 2. The molecule has 5 nitrogen and oxygen atoms in total. The van der Waals surface area contributed by atoms with Crippen LogP contribution in [-0.2, 0) is 0 Å². The molecule has 0 saturated carbocycles. The number of rotatable bonds is 5. The molecule has 0 radical (unpaired) electrons. The molecule has 3 heterocycles. The van der Waals surface area contributed by atoms with Gasteiger partial charge < -0.3 is 19.9 Å². The molecule has 1 saturated heterocycles. The topological polar surface area (TPSA) is 53.2 Å². The van der Waals surface area contributed by atoms with E-state index in [2.05, 4.69) is 26.3 Å². The third-order valence-corrected chi connectivity index (χ3v) is 4.78. The van der Waals surface area contributed by atoms with E-state index in [-0.39, 0.29) is 12.1 Å². The van der Waals surface area contributed by atoms with Crippen LogP contribution in [0.1, 0.15) is 30.4 Å². The summed E-state index contributed by atoms with van der Waals surface area (Å²) in [5, 5.41) is 4.13. The standard InChI is InChI=1S/C20H20N4OS/c1-2-25-15-10-8-14(9-11-15)24-19(17-7-5-13-22-17)18(23-20(24)26)16-6-3-4-12-21-16/h3-13,18-19,22H,2H2,1H3,(H,23,26)/t18-,19+/m1/s1. The van der Waals surface area contributed by atoms with Crippen molar-refractivity contribution in [1.82, 2.24) is 15.3 Å². The number of ether oxygens (including phenoxy) is 1. The summed E-state index contributed by atoms with van der Waals surface area (Å²) in [6.45, 7) is 2.63. The summed E-state index contributed by atoms with van der Waals surface area (Å²) in [5.74, 6) is 0.854. The monoisotopic (exact) mass is 364 g/mol. The first kappa shape index (κ1) is 16.6. The first-order chi connectivity index (χ1) is 12.8. The molecule has 0 spiro atoms. The number of benzene rings is 1. The van der Waals surface area contributed by atoms with E-state index >= 15 is 0 Å². The van der Waals surface area contributed by atoms with Gasteiger partial charge in [-0.15, -0.1) is 0 Å². The second-order valence-electron chi connectivity index (χ2n) is 6.05. The Morgan fingerprint density at radius 3 is 2.62 bits per heavy atom. The number of anilines is 1. The molecule has 1 aliphatic rings. The Labute approximate surface area is 158 Å². The number of aromatic amines is 1. The molecule has 2 aromatic heterocycles. The molecule has 1 fully saturated rings. The quantitative estimate of drug-likeness (QED) is 0.671. The van der Waals surface area contributed by atoms with Crippen LogP contribution < -0.4 is 15.0 Å². The first-order valence-electron chi connectivity index (χ1n) is 8.64. The van der Waals surface area contributed by atoms with E-state index in [1.165, 1.54) is 0 Å². The molecule has 2 atom stereocenters. The molecular formula is C20H20N4OS. The molecule has 132 valence electrons. The van der Waals surface area contributed by atoms with Crippen LogP contribution in [0.4, 0.5) is 5.69 Å². The maximum Gasteiger partial charge on any atom is 0.174 e. The number of H-pyrrole nitrogens is 1. The summed E-state index contributed by atoms with van der Waals surface area (Å²) in [4.78, 5) is 10.0. The lowest BCUT2D eigenvalue weighted by molar-refractivity contribution is 0.340. The van der Waals surface area contributed by atoms with Gasteiger partial charge in [-0.2, -0.15) is 0 Å². The Balaban J connectivity index is 1.73. The first-order valence-corrected chi connectivity index (χ1v) is 9.05. The van der Waals surface area contributed by atoms with E-state index in [4.69, 9.17) is 17.0 Å². The molecule has 2 N–H and O–H groups in total. The number of thiocarbonyl (C=S) groups is 1. The maximum absolute atomic E-state index is 5.68. The lowest BCUT2D eigenvalue weighted by Crippen LogP contribution is -2.29. The predicted octanol–water partition coefficient (Wildman–Crippen LogP) is 3.99. The fraction of sp³-hybridized carbons (Fsp3) is 0.200. The lowest BCUT2D eigenvalue weighted by atomic mass is 10.0. The zero-order valence-electron chi connectivity index (χ0n) is 14.4. The summed E-state index contributed by atoms with van der Waals surface area (Å²) in [5.41, 5.74) is 3.06. The summed E-state index contributed by atoms with van der Waals surface area (Å²) in [6.07, 6.45) is 3.74. The Bertz CT molecular complexity index is 865. The Morgan fingerprint density at radius 2 is 1.96 bits per heavy atom. The molecular weight excluding hydrogens is 344 g/mol. The third kappa shape index (κ3) is 3.04. The van der Waals surface area contributed by atoms with Gasteiger partial charge >= 0.3 is 0 Å². The molecule has 0 aliphatic carbocycles. The zero-order chi connectivity index (χ0) is 17.9. The molecule has 3 aromatic rings. The summed E-state index contributed by atoms with van der Waals surface area (Å²) >= 11 is 5.68. The van der Waals surface area contributed by atoms with Gasteiger partial charge in [-0.05, 0) is 67.7 Å². The minimum absolute atomic E-state index is 0.00894. The highest BCUT2D eigenvalue weighted by Crippen LogP contribution is 2.41. The van der Waals surface area contributed by atoms with Crippen LogP contribution in [0.25, 0.3) is 0 Å². The van der Waals surface area contributed by atoms with Crippen molar-refractivity contribution in [3.63, 3.8) is 0 Å². The zero-order valence-corrected chi connectivity index (χ0v) is 15.2. The number of nitrogens with one attached hydrogen (secondary N) is 2. The van der Waals surface area contributed by atoms with Gasteiger partial charge in [-0.25, -0.2) is 0 Å². The highest BCUT2D eigenvalue weighted by Gasteiger charge is 2.41. The van der Waals surface area contributed by atoms with Gasteiger partial charge in [0.05, 0.1) is 18.3 Å². The molecule has 0 bridgehead atoms. The fourth-order valence-corrected chi connectivity index (χ4v) is 3.69. The van der Waals surface area contributed by atoms with Crippen LogP contribution in [0.5, 0.6) is 5.75 Å². The Hall–Kier alpha value is -2.86. The predicted molar refractivity (Wildman–Crippen MR) is 106 cm³/mol. The average molecular weight is 364 g/mol. The van der Waals surface area contributed by atoms with Crippen LogP contribution in [0.2, 0.25) is 0 Å². The largest absolute Gasteiger partial charge is 0.494 e. The van der Waals surface area contributed by atoms with Crippen molar-refractivity contribution in [3.05, 3.63) is 78.4 Å². The van der Waals surface area contributed by atoms with Crippen molar-refractivity contribution in [2.24, 2.45) is 0 Å². The smallest absolute Gasteiger partial charge is 0.174 e. The van der Waals surface area contributed by atoms with E-state index < -0.39 is 0 Å². The second kappa shape index (κ2) is 7.17. The van der Waals surface area contributed by atoms with E-state index in [1.54, 1.807) is 0 Å². The van der Waals surface area contributed by atoms with Crippen molar-refractivity contribution < 1.29 is 4.74 Å². The number of pyridine rings is 1. The number of hydrogen-bond acceptors (Lipinski definition) is 3. The number of aromatic nitrogens is 2. The van der Waals surface area contributed by atoms with Crippen LogP contribution in [0.15, 0.2) is 67.0 Å².